The molecule has 0 aromatic heterocycles. The predicted molar refractivity (Wildman–Crippen MR) is 133 cm³/mol. The summed E-state index contributed by atoms with van der Waals surface area (Å²) in [6, 6.07) is 21.4. The minimum Gasteiger partial charge on any atom is -0.473 e. The number of rotatable bonds is 6. The van der Waals surface area contributed by atoms with E-state index in [2.05, 4.69) is 65.6 Å². The Labute approximate surface area is 206 Å². The summed E-state index contributed by atoms with van der Waals surface area (Å²) in [5, 5.41) is 14.8. The molecule has 0 amide bonds. The van der Waals surface area contributed by atoms with E-state index < -0.39 is 11.9 Å². The largest absolute Gasteiger partial charge is 0.473 e. The van der Waals surface area contributed by atoms with Crippen LogP contribution >= 0.6 is 0 Å². The lowest BCUT2D eigenvalue weighted by atomic mass is 9.88. The van der Waals surface area contributed by atoms with Crippen LogP contribution < -0.4 is 0 Å². The fourth-order valence-electron chi connectivity index (χ4n) is 4.58. The fourth-order valence-corrected chi connectivity index (χ4v) is 4.58. The van der Waals surface area contributed by atoms with Crippen molar-refractivity contribution in [3.8, 4) is 0 Å². The summed E-state index contributed by atoms with van der Waals surface area (Å²) in [5.74, 6) is -3.67. The van der Waals surface area contributed by atoms with E-state index in [1.807, 2.05) is 0 Å². The molecule has 2 N–H and O–H groups in total. The quantitative estimate of drug-likeness (QED) is 0.460. The molecule has 0 atom stereocenters. The van der Waals surface area contributed by atoms with Crippen LogP contribution in [0.2, 0.25) is 0 Å². The normalized spacial score (nSPS) is 16.2. The number of ether oxygens (including phenoxy) is 1. The number of hydrogen-bond donors (Lipinski definition) is 2. The Bertz CT molecular complexity index is 949. The van der Waals surface area contributed by atoms with Crippen LogP contribution in [0, 0.1) is 0 Å². The Morgan fingerprint density at radius 1 is 0.800 bits per heavy atom. The third-order valence-corrected chi connectivity index (χ3v) is 6.35. The number of hydrogen-bond acceptors (Lipinski definition) is 5. The van der Waals surface area contributed by atoms with Gasteiger partial charge in [0.25, 0.3) is 0 Å². The summed E-state index contributed by atoms with van der Waals surface area (Å²) >= 11 is 0. The number of esters is 1. The minimum absolute atomic E-state index is 0.0208. The smallest absolute Gasteiger partial charge is 0.414 e. The van der Waals surface area contributed by atoms with Gasteiger partial charge >= 0.3 is 17.9 Å². The van der Waals surface area contributed by atoms with Gasteiger partial charge in [-0.25, -0.2) is 9.59 Å². The van der Waals surface area contributed by atoms with Crippen LogP contribution in [0.15, 0.2) is 66.2 Å². The van der Waals surface area contributed by atoms with Gasteiger partial charge in [-0.2, -0.15) is 0 Å². The second-order valence-electron chi connectivity index (χ2n) is 8.81. The summed E-state index contributed by atoms with van der Waals surface area (Å²) in [6.07, 6.45) is 7.29. The minimum atomic E-state index is -1.82. The molecule has 2 aliphatic rings. The first-order valence-electron chi connectivity index (χ1n) is 12.1. The van der Waals surface area contributed by atoms with Gasteiger partial charge in [0.1, 0.15) is 6.10 Å². The highest BCUT2D eigenvalue weighted by atomic mass is 16.5. The van der Waals surface area contributed by atoms with Crippen LogP contribution in [-0.2, 0) is 19.1 Å². The number of carboxylic acid groups (broad SMARTS) is 2. The van der Waals surface area contributed by atoms with E-state index in [1.54, 1.807) is 0 Å². The van der Waals surface area contributed by atoms with E-state index in [4.69, 9.17) is 24.5 Å². The van der Waals surface area contributed by atoms with E-state index in [9.17, 15) is 4.79 Å². The van der Waals surface area contributed by atoms with Crippen molar-refractivity contribution in [1.29, 1.82) is 0 Å². The molecular formula is C28H33NO6. The van der Waals surface area contributed by atoms with Crippen molar-refractivity contribution >= 4 is 23.5 Å². The summed E-state index contributed by atoms with van der Waals surface area (Å²) in [7, 11) is 0. The van der Waals surface area contributed by atoms with Gasteiger partial charge in [0, 0.05) is 19.6 Å². The molecule has 186 valence electrons. The van der Waals surface area contributed by atoms with Crippen LogP contribution in [0.4, 0.5) is 0 Å². The molecule has 1 aliphatic heterocycles. The molecule has 7 heteroatoms. The van der Waals surface area contributed by atoms with Gasteiger partial charge in [-0.3, -0.25) is 4.79 Å². The molecule has 2 fully saturated rings. The van der Waals surface area contributed by atoms with E-state index in [1.165, 1.54) is 35.1 Å². The van der Waals surface area contributed by atoms with Crippen LogP contribution in [0.5, 0.6) is 0 Å². The lowest BCUT2D eigenvalue weighted by molar-refractivity contribution is -0.159. The second-order valence-corrected chi connectivity index (χ2v) is 8.81. The number of carbonyl (C=O) groups excluding carboxylic acids is 1. The van der Waals surface area contributed by atoms with Crippen molar-refractivity contribution < 1.29 is 29.3 Å². The van der Waals surface area contributed by atoms with Crippen molar-refractivity contribution in [2.45, 2.75) is 51.0 Å². The molecule has 2 aromatic rings. The van der Waals surface area contributed by atoms with Gasteiger partial charge in [0.05, 0.1) is 6.42 Å². The highest BCUT2D eigenvalue weighted by Gasteiger charge is 2.22. The zero-order valence-electron chi connectivity index (χ0n) is 19.9. The Morgan fingerprint density at radius 3 is 1.74 bits per heavy atom. The molecular weight excluding hydrogens is 446 g/mol. The molecule has 0 radical (unpaired) electrons. The lowest BCUT2D eigenvalue weighted by Gasteiger charge is -2.30. The highest BCUT2D eigenvalue weighted by molar-refractivity contribution is 6.27. The molecule has 1 heterocycles. The first-order valence-corrected chi connectivity index (χ1v) is 12.1. The molecule has 1 saturated heterocycles. The maximum absolute atomic E-state index is 12.1. The standard InChI is InChI=1S/C26H31NO2.C2H2O4/c28-25(29-24-13-7-8-14-24)17-20-27-18-15-23(16-19-27)26(21-9-3-1-4-10-21)22-11-5-2-6-12-22;3-1(4)2(5)6/h1-6,9-12,24H,7-8,13-20H2;(H,3,4)(H,5,6). The maximum atomic E-state index is 12.1. The van der Waals surface area contributed by atoms with Crippen LogP contribution in [0.25, 0.3) is 5.57 Å². The third kappa shape index (κ3) is 8.37. The molecule has 0 unspecified atom stereocenters. The monoisotopic (exact) mass is 479 g/mol. The van der Waals surface area contributed by atoms with Crippen molar-refractivity contribution in [3.63, 3.8) is 0 Å². The first-order chi connectivity index (χ1) is 16.9. The molecule has 35 heavy (non-hydrogen) atoms. The average molecular weight is 480 g/mol. The summed E-state index contributed by atoms with van der Waals surface area (Å²) in [4.78, 5) is 32.7. The average Bonchev–Trinajstić information content (AvgIpc) is 3.38. The van der Waals surface area contributed by atoms with E-state index >= 15 is 0 Å². The number of carbonyl (C=O) groups is 3. The van der Waals surface area contributed by atoms with Crippen molar-refractivity contribution in [1.82, 2.24) is 4.90 Å². The summed E-state index contributed by atoms with van der Waals surface area (Å²) < 4.78 is 5.60. The number of likely N-dealkylation sites (tertiary alicyclic amines) is 1. The van der Waals surface area contributed by atoms with Crippen LogP contribution in [-0.4, -0.2) is 58.8 Å². The first kappa shape index (κ1) is 26.2. The maximum Gasteiger partial charge on any atom is 0.414 e. The molecule has 1 saturated carbocycles. The molecule has 4 rings (SSSR count). The molecule has 0 bridgehead atoms. The number of piperidine rings is 1. The zero-order chi connectivity index (χ0) is 25.0. The van der Waals surface area contributed by atoms with E-state index in [0.717, 1.165) is 45.3 Å². The van der Waals surface area contributed by atoms with E-state index in [-0.39, 0.29) is 12.1 Å². The highest BCUT2D eigenvalue weighted by Crippen LogP contribution is 2.32. The van der Waals surface area contributed by atoms with Crippen LogP contribution in [0.1, 0.15) is 56.1 Å². The Morgan fingerprint density at radius 2 is 1.29 bits per heavy atom. The molecule has 7 nitrogen and oxygen atoms in total. The second kappa shape index (κ2) is 13.4. The number of aliphatic carboxylic acids is 2. The zero-order valence-corrected chi connectivity index (χ0v) is 19.9. The fraction of sp³-hybridized carbons (Fsp3) is 0.393. The molecule has 2 aromatic carbocycles. The number of nitrogens with zero attached hydrogens (tertiary/aromatic N) is 1. The van der Waals surface area contributed by atoms with E-state index in [0.29, 0.717) is 6.42 Å². The van der Waals surface area contributed by atoms with Gasteiger partial charge in [-0.15, -0.1) is 0 Å². The molecule has 1 aliphatic carbocycles. The Balaban J connectivity index is 0.000000509. The van der Waals surface area contributed by atoms with Crippen molar-refractivity contribution in [3.05, 3.63) is 77.4 Å². The number of benzene rings is 2. The third-order valence-electron chi connectivity index (χ3n) is 6.35. The SMILES string of the molecule is O=C(CCN1CCC(=C(c2ccccc2)c2ccccc2)CC1)OC1CCCC1.O=C(O)C(=O)O. The summed E-state index contributed by atoms with van der Waals surface area (Å²) in [6.45, 7) is 2.83. The summed E-state index contributed by atoms with van der Waals surface area (Å²) in [5.41, 5.74) is 5.49. The van der Waals surface area contributed by atoms with Crippen molar-refractivity contribution in [2.24, 2.45) is 0 Å². The lowest BCUT2D eigenvalue weighted by Crippen LogP contribution is -2.33. The molecule has 0 spiro atoms. The Hall–Kier alpha value is -3.45. The number of carboxylic acids is 2. The van der Waals surface area contributed by atoms with Crippen molar-refractivity contribution in [2.75, 3.05) is 19.6 Å². The predicted octanol–water partition coefficient (Wildman–Crippen LogP) is 4.62. The van der Waals surface area contributed by atoms with Gasteiger partial charge in [-0.05, 0) is 55.2 Å². The Kier molecular flexibility index (Phi) is 10.0. The van der Waals surface area contributed by atoms with Gasteiger partial charge in [0.15, 0.2) is 0 Å². The topological polar surface area (TPSA) is 104 Å². The van der Waals surface area contributed by atoms with Crippen LogP contribution in [0.3, 0.4) is 0 Å². The van der Waals surface area contributed by atoms with Gasteiger partial charge in [-0.1, -0.05) is 66.2 Å². The van der Waals surface area contributed by atoms with Gasteiger partial charge < -0.3 is 19.8 Å². The van der Waals surface area contributed by atoms with Gasteiger partial charge in [0.2, 0.25) is 0 Å².